The second-order valence-electron chi connectivity index (χ2n) is 11.3. The molecule has 0 N–H and O–H groups in total. The number of anilines is 1. The lowest BCUT2D eigenvalue weighted by molar-refractivity contribution is -0.140. The lowest BCUT2D eigenvalue weighted by Gasteiger charge is -2.41. The average Bonchev–Trinajstić information content (AvgIpc) is 2.99. The van der Waals surface area contributed by atoms with Crippen molar-refractivity contribution in [2.75, 3.05) is 51.2 Å². The van der Waals surface area contributed by atoms with E-state index in [0.29, 0.717) is 37.2 Å². The van der Waals surface area contributed by atoms with Crippen LogP contribution in [0.3, 0.4) is 0 Å². The van der Waals surface area contributed by atoms with Gasteiger partial charge in [-0.2, -0.15) is 0 Å². The summed E-state index contributed by atoms with van der Waals surface area (Å²) in [6.07, 6.45) is 4.97. The number of likely N-dealkylation sites (tertiary alicyclic amines) is 1. The highest BCUT2D eigenvalue weighted by Crippen LogP contribution is 2.32. The Morgan fingerprint density at radius 2 is 1.60 bits per heavy atom. The third kappa shape index (κ3) is 6.33. The molecule has 214 valence electrons. The minimum absolute atomic E-state index is 0.00795. The van der Waals surface area contributed by atoms with Gasteiger partial charge in [-0.05, 0) is 75.0 Å². The Labute approximate surface area is 237 Å². The molecule has 0 saturated carbocycles. The van der Waals surface area contributed by atoms with Crippen LogP contribution in [0.15, 0.2) is 48.5 Å². The van der Waals surface area contributed by atoms with Crippen LogP contribution in [-0.2, 0) is 16.0 Å². The van der Waals surface area contributed by atoms with Crippen molar-refractivity contribution in [1.29, 1.82) is 0 Å². The number of amides is 3. The molecule has 40 heavy (non-hydrogen) atoms. The first-order valence-electron chi connectivity index (χ1n) is 14.9. The molecule has 5 rings (SSSR count). The third-order valence-corrected chi connectivity index (χ3v) is 8.53. The van der Waals surface area contributed by atoms with Gasteiger partial charge >= 0.3 is 0 Å². The van der Waals surface area contributed by atoms with Crippen molar-refractivity contribution in [1.82, 2.24) is 14.7 Å². The minimum atomic E-state index is -0.508. The van der Waals surface area contributed by atoms with Crippen LogP contribution in [0.5, 0.6) is 5.75 Å². The molecular weight excluding hydrogens is 504 g/mol. The Morgan fingerprint density at radius 1 is 0.900 bits per heavy atom. The number of benzene rings is 2. The summed E-state index contributed by atoms with van der Waals surface area (Å²) in [4.78, 5) is 47.3. The molecule has 0 spiro atoms. The summed E-state index contributed by atoms with van der Waals surface area (Å²) in [6, 6.07) is 15.5. The number of ether oxygens (including phenoxy) is 1. The number of rotatable bonds is 8. The summed E-state index contributed by atoms with van der Waals surface area (Å²) in [5.41, 5.74) is 2.87. The number of aryl methyl sites for hydroxylation is 1. The topological polar surface area (TPSA) is 73.4 Å². The molecule has 3 aliphatic heterocycles. The molecule has 8 heteroatoms. The Bertz CT molecular complexity index is 1180. The van der Waals surface area contributed by atoms with Gasteiger partial charge in [-0.1, -0.05) is 31.5 Å². The van der Waals surface area contributed by atoms with Crippen LogP contribution in [0.25, 0.3) is 0 Å². The lowest BCUT2D eigenvalue weighted by atomic mass is 9.95. The fourth-order valence-electron chi connectivity index (χ4n) is 6.06. The number of carbonyl (C=O) groups excluding carboxylic acids is 3. The Hall–Kier alpha value is -3.39. The molecule has 0 aliphatic carbocycles. The molecule has 3 aliphatic rings. The molecule has 3 amide bonds. The molecule has 2 fully saturated rings. The second kappa shape index (κ2) is 12.9. The molecule has 0 aromatic heterocycles. The fourth-order valence-corrected chi connectivity index (χ4v) is 6.06. The van der Waals surface area contributed by atoms with Crippen LogP contribution in [-0.4, -0.2) is 90.9 Å². The van der Waals surface area contributed by atoms with Crippen molar-refractivity contribution in [3.8, 4) is 5.75 Å². The van der Waals surface area contributed by atoms with E-state index in [2.05, 4.69) is 24.9 Å². The van der Waals surface area contributed by atoms with Crippen LogP contribution in [0, 0.1) is 0 Å². The number of unbranched alkanes of at least 4 members (excludes halogenated alkanes) is 1. The summed E-state index contributed by atoms with van der Waals surface area (Å²) in [5.74, 6) is 0.842. The van der Waals surface area contributed by atoms with Crippen molar-refractivity contribution < 1.29 is 19.1 Å². The number of likely N-dealkylation sites (N-methyl/N-ethyl adjacent to an activating group) is 1. The molecule has 3 heterocycles. The Kier molecular flexibility index (Phi) is 9.04. The monoisotopic (exact) mass is 546 g/mol. The van der Waals surface area contributed by atoms with Gasteiger partial charge in [0.05, 0.1) is 0 Å². The highest BCUT2D eigenvalue weighted by molar-refractivity contribution is 5.97. The van der Waals surface area contributed by atoms with Gasteiger partial charge in [-0.15, -0.1) is 0 Å². The van der Waals surface area contributed by atoms with Crippen LogP contribution < -0.4 is 9.64 Å². The summed E-state index contributed by atoms with van der Waals surface area (Å²) in [7, 11) is 2.08. The number of para-hydroxylation sites is 1. The number of nitrogens with zero attached hydrogens (tertiary/aromatic N) is 4. The normalized spacial score (nSPS) is 19.4. The van der Waals surface area contributed by atoms with E-state index in [4.69, 9.17) is 4.74 Å². The average molecular weight is 547 g/mol. The lowest BCUT2D eigenvalue weighted by Crippen LogP contribution is -2.51. The maximum Gasteiger partial charge on any atom is 0.263 e. The first-order chi connectivity index (χ1) is 19.4. The largest absolute Gasteiger partial charge is 0.481 e. The predicted molar refractivity (Wildman–Crippen MR) is 156 cm³/mol. The van der Waals surface area contributed by atoms with E-state index >= 15 is 0 Å². The number of fused-ring (bicyclic) bond motifs is 1. The predicted octanol–water partition coefficient (Wildman–Crippen LogP) is 3.98. The van der Waals surface area contributed by atoms with E-state index < -0.39 is 6.10 Å². The smallest absolute Gasteiger partial charge is 0.263 e. The third-order valence-electron chi connectivity index (χ3n) is 8.53. The van der Waals surface area contributed by atoms with Gasteiger partial charge in [0.1, 0.15) is 5.75 Å². The van der Waals surface area contributed by atoms with E-state index in [1.807, 2.05) is 32.9 Å². The maximum atomic E-state index is 13.3. The zero-order chi connectivity index (χ0) is 28.1. The highest BCUT2D eigenvalue weighted by atomic mass is 16.5. The molecule has 0 bridgehead atoms. The number of piperazine rings is 1. The van der Waals surface area contributed by atoms with E-state index in [0.717, 1.165) is 64.0 Å². The molecule has 1 unspecified atom stereocenters. The summed E-state index contributed by atoms with van der Waals surface area (Å²) >= 11 is 0. The molecule has 8 nitrogen and oxygen atoms in total. The first-order valence-corrected chi connectivity index (χ1v) is 14.9. The van der Waals surface area contributed by atoms with E-state index in [9.17, 15) is 14.4 Å². The van der Waals surface area contributed by atoms with Gasteiger partial charge < -0.3 is 24.3 Å². The van der Waals surface area contributed by atoms with Gasteiger partial charge in [0.15, 0.2) is 6.10 Å². The fraction of sp³-hybridized carbons (Fsp3) is 0.531. The second-order valence-corrected chi connectivity index (χ2v) is 11.3. The van der Waals surface area contributed by atoms with Gasteiger partial charge in [-0.25, -0.2) is 0 Å². The number of hydrogen-bond donors (Lipinski definition) is 0. The molecule has 2 saturated heterocycles. The van der Waals surface area contributed by atoms with Crippen molar-refractivity contribution in [3.63, 3.8) is 0 Å². The van der Waals surface area contributed by atoms with Gasteiger partial charge in [0.25, 0.3) is 11.8 Å². The zero-order valence-electron chi connectivity index (χ0n) is 23.9. The first kappa shape index (κ1) is 28.1. The van der Waals surface area contributed by atoms with Crippen molar-refractivity contribution in [2.45, 2.75) is 64.0 Å². The molecular formula is C32H42N4O4. The van der Waals surface area contributed by atoms with E-state index in [-0.39, 0.29) is 23.8 Å². The SMILES string of the molecule is CCCCC(Oc1ccc(C(=O)N2CCC(N3C(=O)CCc4ccccc43)CC2)cc1)C(=O)N1CCN(C)CC1. The molecule has 1 atom stereocenters. The maximum absolute atomic E-state index is 13.3. The number of piperidine rings is 1. The van der Waals surface area contributed by atoms with Gasteiger partial charge in [-0.3, -0.25) is 14.4 Å². The van der Waals surface area contributed by atoms with Crippen molar-refractivity contribution in [2.24, 2.45) is 0 Å². The quantitative estimate of drug-likeness (QED) is 0.501. The van der Waals surface area contributed by atoms with Crippen molar-refractivity contribution in [3.05, 3.63) is 59.7 Å². The van der Waals surface area contributed by atoms with Gasteiger partial charge in [0.2, 0.25) is 5.91 Å². The summed E-state index contributed by atoms with van der Waals surface area (Å²) in [5, 5.41) is 0. The van der Waals surface area contributed by atoms with Gasteiger partial charge in [0, 0.05) is 63.0 Å². The van der Waals surface area contributed by atoms with Crippen molar-refractivity contribution >= 4 is 23.4 Å². The van der Waals surface area contributed by atoms with Crippen LogP contribution in [0.2, 0.25) is 0 Å². The van der Waals surface area contributed by atoms with E-state index in [1.54, 1.807) is 24.3 Å². The summed E-state index contributed by atoms with van der Waals surface area (Å²) < 4.78 is 6.19. The van der Waals surface area contributed by atoms with Crippen LogP contribution in [0.4, 0.5) is 5.69 Å². The minimum Gasteiger partial charge on any atom is -0.481 e. The highest BCUT2D eigenvalue weighted by Gasteiger charge is 2.34. The standard InChI is InChI=1S/C32H42N4O4/c1-3-4-9-29(32(39)35-22-20-33(2)21-23-35)40-27-13-10-25(11-14-27)31(38)34-18-16-26(17-19-34)36-28-8-6-5-7-24(28)12-15-30(36)37/h5-8,10-11,13-14,26,29H,3-4,9,12,15-23H2,1-2H3. The van der Waals surface area contributed by atoms with E-state index in [1.165, 1.54) is 5.56 Å². The Balaban J connectivity index is 1.18. The number of carbonyl (C=O) groups is 3. The molecule has 2 aromatic carbocycles. The van der Waals surface area contributed by atoms with Crippen LogP contribution in [0.1, 0.15) is 61.4 Å². The number of hydrogen-bond acceptors (Lipinski definition) is 5. The molecule has 2 aromatic rings. The van der Waals surface area contributed by atoms with Crippen LogP contribution >= 0.6 is 0 Å². The Morgan fingerprint density at radius 3 is 2.30 bits per heavy atom. The molecule has 0 radical (unpaired) electrons. The summed E-state index contributed by atoms with van der Waals surface area (Å²) in [6.45, 7) is 6.56. The zero-order valence-corrected chi connectivity index (χ0v) is 23.9.